The second kappa shape index (κ2) is 8.41. The van der Waals surface area contributed by atoms with Gasteiger partial charge in [-0.25, -0.2) is 0 Å². The Morgan fingerprint density at radius 1 is 1.41 bits per heavy atom. The van der Waals surface area contributed by atoms with Crippen LogP contribution in [0.25, 0.3) is 0 Å². The van der Waals surface area contributed by atoms with E-state index in [0.717, 1.165) is 32.4 Å². The number of hydrogen-bond acceptors (Lipinski definition) is 7. The van der Waals surface area contributed by atoms with E-state index in [-0.39, 0.29) is 42.2 Å². The molecule has 9 heteroatoms. The number of rotatable bonds is 6. The minimum absolute atomic E-state index is 0.0777. The zero-order chi connectivity index (χ0) is 20.5. The Morgan fingerprint density at radius 2 is 2.21 bits per heavy atom. The maximum absolute atomic E-state index is 12.8. The number of aromatic nitrogens is 1. The molecule has 3 fully saturated rings. The fourth-order valence-electron chi connectivity index (χ4n) is 5.39. The van der Waals surface area contributed by atoms with Gasteiger partial charge in [0.15, 0.2) is 0 Å². The van der Waals surface area contributed by atoms with E-state index in [1.807, 2.05) is 4.90 Å². The fourth-order valence-corrected chi connectivity index (χ4v) is 5.39. The third-order valence-corrected chi connectivity index (χ3v) is 6.58. The van der Waals surface area contributed by atoms with Gasteiger partial charge >= 0.3 is 0 Å². The van der Waals surface area contributed by atoms with Gasteiger partial charge in [0.1, 0.15) is 0 Å². The minimum Gasteiger partial charge on any atom is -0.394 e. The number of piperidine rings is 3. The molecule has 3 N–H and O–H groups in total. The number of aliphatic hydroxyl groups excluding tert-OH is 2. The SMILES string of the molecule is Cc1cc(C(=O)NC[C@H]2[C@H]3C[C@H](CN(C[C@@H](O)CO)C3)[C@@H]3CCCC(=O)N32)on1. The fraction of sp³-hybridized carbons (Fsp3) is 0.750. The molecule has 29 heavy (non-hydrogen) atoms. The lowest BCUT2D eigenvalue weighted by molar-refractivity contribution is -0.153. The van der Waals surface area contributed by atoms with Crippen LogP contribution in [-0.2, 0) is 4.79 Å². The van der Waals surface area contributed by atoms with Gasteiger partial charge in [0.2, 0.25) is 11.7 Å². The zero-order valence-corrected chi connectivity index (χ0v) is 16.8. The molecule has 0 unspecified atom stereocenters. The Kier molecular flexibility index (Phi) is 5.89. The molecule has 0 radical (unpaired) electrons. The summed E-state index contributed by atoms with van der Waals surface area (Å²) in [4.78, 5) is 29.5. The molecule has 0 saturated carbocycles. The molecule has 3 saturated heterocycles. The van der Waals surface area contributed by atoms with Crippen molar-refractivity contribution in [3.05, 3.63) is 17.5 Å². The molecule has 0 aliphatic carbocycles. The molecule has 0 aromatic carbocycles. The quantitative estimate of drug-likeness (QED) is 0.597. The lowest BCUT2D eigenvalue weighted by Crippen LogP contribution is -2.67. The molecule has 0 spiro atoms. The summed E-state index contributed by atoms with van der Waals surface area (Å²) in [6.07, 6.45) is 2.70. The summed E-state index contributed by atoms with van der Waals surface area (Å²) in [7, 11) is 0. The molecule has 1 aromatic heterocycles. The molecule has 2 amide bonds. The van der Waals surface area contributed by atoms with Gasteiger partial charge in [-0.1, -0.05) is 5.16 Å². The number of aryl methyl sites for hydroxylation is 1. The van der Waals surface area contributed by atoms with Gasteiger partial charge in [0.25, 0.3) is 5.91 Å². The Bertz CT molecular complexity index is 753. The molecule has 3 aliphatic heterocycles. The average molecular weight is 406 g/mol. The molecule has 9 nitrogen and oxygen atoms in total. The second-order valence-electron chi connectivity index (χ2n) is 8.68. The van der Waals surface area contributed by atoms with Gasteiger partial charge in [-0.3, -0.25) is 14.5 Å². The minimum atomic E-state index is -0.759. The van der Waals surface area contributed by atoms with E-state index in [4.69, 9.17) is 4.52 Å². The van der Waals surface area contributed by atoms with Gasteiger partial charge in [-0.15, -0.1) is 0 Å². The molecule has 5 atom stereocenters. The predicted molar refractivity (Wildman–Crippen MR) is 103 cm³/mol. The third-order valence-electron chi connectivity index (χ3n) is 6.58. The van der Waals surface area contributed by atoms with Crippen LogP contribution in [0.1, 0.15) is 41.9 Å². The normalized spacial score (nSPS) is 30.7. The predicted octanol–water partition coefficient (Wildman–Crippen LogP) is -0.233. The standard InChI is InChI=1S/C20H30N4O5/c1-12-5-18(29-22-12)20(28)21-7-17-14-6-13(8-23(9-14)10-15(26)11-25)16-3-2-4-19(27)24(16)17/h5,13-17,25-26H,2-4,6-11H2,1H3,(H,21,28)/t13-,14+,15-,16+,17+/m1/s1. The topological polar surface area (TPSA) is 119 Å². The van der Waals surface area contributed by atoms with Gasteiger partial charge in [0.05, 0.1) is 24.4 Å². The molecule has 2 bridgehead atoms. The summed E-state index contributed by atoms with van der Waals surface area (Å²) in [6.45, 7) is 3.88. The molecular formula is C20H30N4O5. The second-order valence-corrected chi connectivity index (χ2v) is 8.68. The van der Waals surface area contributed by atoms with Crippen LogP contribution in [0.4, 0.5) is 0 Å². The van der Waals surface area contributed by atoms with Crippen LogP contribution in [0.5, 0.6) is 0 Å². The largest absolute Gasteiger partial charge is 0.394 e. The van der Waals surface area contributed by atoms with Crippen molar-refractivity contribution < 1.29 is 24.3 Å². The maximum Gasteiger partial charge on any atom is 0.289 e. The van der Waals surface area contributed by atoms with E-state index in [1.54, 1.807) is 13.0 Å². The van der Waals surface area contributed by atoms with Crippen LogP contribution in [0, 0.1) is 18.8 Å². The van der Waals surface area contributed by atoms with Crippen molar-refractivity contribution in [1.82, 2.24) is 20.3 Å². The molecule has 1 aromatic rings. The molecule has 4 rings (SSSR count). The summed E-state index contributed by atoms with van der Waals surface area (Å²) < 4.78 is 5.05. The van der Waals surface area contributed by atoms with E-state index in [0.29, 0.717) is 31.1 Å². The van der Waals surface area contributed by atoms with Gasteiger partial charge in [-0.2, -0.15) is 0 Å². The van der Waals surface area contributed by atoms with Gasteiger partial charge in [-0.05, 0) is 38.0 Å². The van der Waals surface area contributed by atoms with E-state index < -0.39 is 6.10 Å². The molecule has 3 aliphatic rings. The number of hydrogen-bond donors (Lipinski definition) is 3. The highest BCUT2D eigenvalue weighted by atomic mass is 16.5. The van der Waals surface area contributed by atoms with Crippen molar-refractivity contribution in [2.45, 2.75) is 50.8 Å². The number of likely N-dealkylation sites (tertiary alicyclic amines) is 1. The first kappa shape index (κ1) is 20.3. The van der Waals surface area contributed by atoms with Crippen molar-refractivity contribution in [2.24, 2.45) is 11.8 Å². The van der Waals surface area contributed by atoms with Crippen molar-refractivity contribution in [1.29, 1.82) is 0 Å². The molecular weight excluding hydrogens is 376 g/mol. The lowest BCUT2D eigenvalue weighted by atomic mass is 9.72. The number of aliphatic hydroxyl groups is 2. The number of nitrogens with one attached hydrogen (secondary N) is 1. The van der Waals surface area contributed by atoms with Crippen LogP contribution in [0.2, 0.25) is 0 Å². The number of fused-ring (bicyclic) bond motifs is 4. The van der Waals surface area contributed by atoms with Crippen LogP contribution in [0.3, 0.4) is 0 Å². The maximum atomic E-state index is 12.8. The van der Waals surface area contributed by atoms with E-state index in [1.165, 1.54) is 0 Å². The lowest BCUT2D eigenvalue weighted by Gasteiger charge is -2.56. The van der Waals surface area contributed by atoms with Crippen molar-refractivity contribution in [3.8, 4) is 0 Å². The van der Waals surface area contributed by atoms with Crippen LogP contribution in [-0.4, -0.2) is 88.0 Å². The number of nitrogens with zero attached hydrogens (tertiary/aromatic N) is 3. The first-order valence-corrected chi connectivity index (χ1v) is 10.5. The Hall–Kier alpha value is -1.97. The Morgan fingerprint density at radius 3 is 2.93 bits per heavy atom. The summed E-state index contributed by atoms with van der Waals surface area (Å²) >= 11 is 0. The zero-order valence-electron chi connectivity index (χ0n) is 16.8. The smallest absolute Gasteiger partial charge is 0.289 e. The molecule has 4 heterocycles. The van der Waals surface area contributed by atoms with E-state index >= 15 is 0 Å². The third kappa shape index (κ3) is 4.17. The van der Waals surface area contributed by atoms with Crippen LogP contribution >= 0.6 is 0 Å². The van der Waals surface area contributed by atoms with Gasteiger partial charge in [0, 0.05) is 44.7 Å². The van der Waals surface area contributed by atoms with Crippen LogP contribution < -0.4 is 5.32 Å². The van der Waals surface area contributed by atoms with E-state index in [2.05, 4.69) is 15.4 Å². The highest BCUT2D eigenvalue weighted by molar-refractivity contribution is 5.91. The van der Waals surface area contributed by atoms with Crippen molar-refractivity contribution in [3.63, 3.8) is 0 Å². The first-order valence-electron chi connectivity index (χ1n) is 10.5. The average Bonchev–Trinajstić information content (AvgIpc) is 3.14. The van der Waals surface area contributed by atoms with Gasteiger partial charge < -0.3 is 25.0 Å². The van der Waals surface area contributed by atoms with Crippen molar-refractivity contribution >= 4 is 11.8 Å². The number of carbonyl (C=O) groups is 2. The Balaban J connectivity index is 1.49. The summed E-state index contributed by atoms with van der Waals surface area (Å²) in [5.41, 5.74) is 0.646. The summed E-state index contributed by atoms with van der Waals surface area (Å²) in [5.74, 6) is 0.614. The first-order chi connectivity index (χ1) is 14.0. The molecule has 160 valence electrons. The number of β-amino-alcohol motifs (C(OH)–C–C–N with tert-alkyl or cyclic N) is 1. The van der Waals surface area contributed by atoms with E-state index in [9.17, 15) is 19.8 Å². The number of amides is 2. The number of carbonyl (C=O) groups excluding carboxylic acids is 2. The van der Waals surface area contributed by atoms with Crippen LogP contribution in [0.15, 0.2) is 10.6 Å². The monoisotopic (exact) mass is 406 g/mol. The highest BCUT2D eigenvalue weighted by Gasteiger charge is 2.49. The summed E-state index contributed by atoms with van der Waals surface area (Å²) in [5, 5.41) is 25.8. The highest BCUT2D eigenvalue weighted by Crippen LogP contribution is 2.41. The van der Waals surface area contributed by atoms with Crippen molar-refractivity contribution in [2.75, 3.05) is 32.8 Å². The Labute approximate surface area is 170 Å². The summed E-state index contributed by atoms with van der Waals surface area (Å²) in [6, 6.07) is 1.70.